The van der Waals surface area contributed by atoms with Gasteiger partial charge in [0.15, 0.2) is 0 Å². The maximum Gasteiger partial charge on any atom is 0.242 e. The lowest BCUT2D eigenvalue weighted by Gasteiger charge is -2.25. The molecule has 0 aromatic heterocycles. The molecule has 0 bridgehead atoms. The molecular formula is C16H24ClN3O2. The first-order valence-electron chi connectivity index (χ1n) is 7.50. The van der Waals surface area contributed by atoms with Crippen LogP contribution in [0.4, 0.5) is 0 Å². The maximum atomic E-state index is 12.4. The van der Waals surface area contributed by atoms with E-state index in [1.165, 1.54) is 0 Å². The quantitative estimate of drug-likeness (QED) is 0.824. The van der Waals surface area contributed by atoms with E-state index in [-0.39, 0.29) is 30.8 Å². The van der Waals surface area contributed by atoms with Crippen LogP contribution in [0.15, 0.2) is 30.3 Å². The van der Waals surface area contributed by atoms with E-state index in [1.807, 2.05) is 30.3 Å². The number of carbonyl (C=O) groups is 2. The molecule has 122 valence electrons. The molecule has 1 aliphatic rings. The number of likely N-dealkylation sites (tertiary alicyclic amines) is 1. The van der Waals surface area contributed by atoms with Gasteiger partial charge in [0.1, 0.15) is 0 Å². The van der Waals surface area contributed by atoms with E-state index in [1.54, 1.807) is 9.80 Å². The predicted molar refractivity (Wildman–Crippen MR) is 88.6 cm³/mol. The number of carbonyl (C=O) groups excluding carboxylic acids is 2. The summed E-state index contributed by atoms with van der Waals surface area (Å²) in [5.74, 6) is 0.0874. The zero-order chi connectivity index (χ0) is 15.1. The van der Waals surface area contributed by atoms with E-state index < -0.39 is 0 Å². The molecular weight excluding hydrogens is 302 g/mol. The molecule has 22 heavy (non-hydrogen) atoms. The number of hydrogen-bond acceptors (Lipinski definition) is 3. The molecule has 1 fully saturated rings. The fourth-order valence-corrected chi connectivity index (χ4v) is 2.51. The Hall–Kier alpha value is -1.59. The van der Waals surface area contributed by atoms with Gasteiger partial charge >= 0.3 is 0 Å². The topological polar surface area (TPSA) is 66.6 Å². The van der Waals surface area contributed by atoms with Gasteiger partial charge in [-0.2, -0.15) is 0 Å². The Morgan fingerprint density at radius 2 is 2.00 bits per heavy atom. The van der Waals surface area contributed by atoms with Crippen molar-refractivity contribution in [2.45, 2.75) is 25.8 Å². The van der Waals surface area contributed by atoms with Crippen molar-refractivity contribution in [3.63, 3.8) is 0 Å². The molecule has 1 saturated heterocycles. The Kier molecular flexibility index (Phi) is 7.91. The van der Waals surface area contributed by atoms with Gasteiger partial charge in [-0.25, -0.2) is 0 Å². The van der Waals surface area contributed by atoms with Gasteiger partial charge in [-0.3, -0.25) is 9.59 Å². The average molecular weight is 326 g/mol. The Labute approximate surface area is 137 Å². The standard InChI is InChI=1S/C16H23N3O2.ClH/c17-9-5-11-18(12-14-6-2-1-3-7-14)16(21)13-19-10-4-8-15(19)20;/h1-3,6-7H,4-5,8-13,17H2;1H. The van der Waals surface area contributed by atoms with Gasteiger partial charge in [0.2, 0.25) is 11.8 Å². The molecule has 0 saturated carbocycles. The number of nitrogens with zero attached hydrogens (tertiary/aromatic N) is 2. The second kappa shape index (κ2) is 9.43. The highest BCUT2D eigenvalue weighted by atomic mass is 35.5. The van der Waals surface area contributed by atoms with Gasteiger partial charge in [-0.1, -0.05) is 30.3 Å². The predicted octanol–water partition coefficient (Wildman–Crippen LogP) is 1.41. The van der Waals surface area contributed by atoms with Crippen molar-refractivity contribution < 1.29 is 9.59 Å². The molecule has 1 aromatic rings. The van der Waals surface area contributed by atoms with Crippen molar-refractivity contribution in [3.05, 3.63) is 35.9 Å². The van der Waals surface area contributed by atoms with Crippen LogP contribution < -0.4 is 5.73 Å². The van der Waals surface area contributed by atoms with Gasteiger partial charge in [0.25, 0.3) is 0 Å². The summed E-state index contributed by atoms with van der Waals surface area (Å²) in [6, 6.07) is 9.89. The number of halogens is 1. The normalized spacial score (nSPS) is 13.9. The van der Waals surface area contributed by atoms with Crippen LogP contribution in [0.1, 0.15) is 24.8 Å². The molecule has 2 rings (SSSR count). The van der Waals surface area contributed by atoms with Crippen molar-refractivity contribution in [3.8, 4) is 0 Å². The van der Waals surface area contributed by atoms with E-state index in [0.29, 0.717) is 32.6 Å². The summed E-state index contributed by atoms with van der Waals surface area (Å²) in [5.41, 5.74) is 6.65. The summed E-state index contributed by atoms with van der Waals surface area (Å²) in [4.78, 5) is 27.5. The minimum absolute atomic E-state index is 0. The minimum atomic E-state index is 0. The molecule has 1 heterocycles. The second-order valence-electron chi connectivity index (χ2n) is 5.36. The molecule has 2 N–H and O–H groups in total. The summed E-state index contributed by atoms with van der Waals surface area (Å²) in [7, 11) is 0. The molecule has 0 radical (unpaired) electrons. The van der Waals surface area contributed by atoms with Crippen molar-refractivity contribution in [2.75, 3.05) is 26.2 Å². The van der Waals surface area contributed by atoms with Gasteiger partial charge in [0, 0.05) is 26.1 Å². The third kappa shape index (κ3) is 5.31. The van der Waals surface area contributed by atoms with E-state index in [0.717, 1.165) is 18.4 Å². The van der Waals surface area contributed by atoms with Crippen LogP contribution in [-0.2, 0) is 16.1 Å². The molecule has 0 unspecified atom stereocenters. The Balaban J connectivity index is 0.00000242. The highest BCUT2D eigenvalue weighted by Crippen LogP contribution is 2.11. The highest BCUT2D eigenvalue weighted by molar-refractivity contribution is 5.86. The highest BCUT2D eigenvalue weighted by Gasteiger charge is 2.24. The van der Waals surface area contributed by atoms with E-state index in [4.69, 9.17) is 5.73 Å². The summed E-state index contributed by atoms with van der Waals surface area (Å²) in [6.07, 6.45) is 2.19. The second-order valence-corrected chi connectivity index (χ2v) is 5.36. The van der Waals surface area contributed by atoms with Crippen LogP contribution in [0.5, 0.6) is 0 Å². The van der Waals surface area contributed by atoms with Crippen LogP contribution in [0.25, 0.3) is 0 Å². The molecule has 2 amide bonds. The van der Waals surface area contributed by atoms with Gasteiger partial charge in [0.05, 0.1) is 6.54 Å². The zero-order valence-electron chi connectivity index (χ0n) is 12.7. The van der Waals surface area contributed by atoms with Crippen LogP contribution in [0.3, 0.4) is 0 Å². The third-order valence-electron chi connectivity index (χ3n) is 3.70. The fourth-order valence-electron chi connectivity index (χ4n) is 2.51. The number of amides is 2. The van der Waals surface area contributed by atoms with Crippen molar-refractivity contribution in [1.29, 1.82) is 0 Å². The number of hydrogen-bond donors (Lipinski definition) is 1. The minimum Gasteiger partial charge on any atom is -0.337 e. The molecule has 5 nitrogen and oxygen atoms in total. The van der Waals surface area contributed by atoms with Gasteiger partial charge < -0.3 is 15.5 Å². The van der Waals surface area contributed by atoms with Crippen LogP contribution >= 0.6 is 12.4 Å². The average Bonchev–Trinajstić information content (AvgIpc) is 2.89. The van der Waals surface area contributed by atoms with Crippen molar-refractivity contribution in [1.82, 2.24) is 9.80 Å². The Bertz CT molecular complexity index is 482. The number of benzene rings is 1. The SMILES string of the molecule is Cl.NCCCN(Cc1ccccc1)C(=O)CN1CCCC1=O. The third-order valence-corrected chi connectivity index (χ3v) is 3.70. The molecule has 1 aromatic carbocycles. The summed E-state index contributed by atoms with van der Waals surface area (Å²) < 4.78 is 0. The first-order chi connectivity index (χ1) is 10.2. The van der Waals surface area contributed by atoms with Crippen LogP contribution in [0, 0.1) is 0 Å². The lowest BCUT2D eigenvalue weighted by atomic mass is 10.2. The molecule has 0 atom stereocenters. The molecule has 1 aliphatic heterocycles. The molecule has 0 aliphatic carbocycles. The maximum absolute atomic E-state index is 12.4. The van der Waals surface area contributed by atoms with E-state index >= 15 is 0 Å². The Morgan fingerprint density at radius 3 is 2.59 bits per heavy atom. The van der Waals surface area contributed by atoms with Crippen LogP contribution in [0.2, 0.25) is 0 Å². The lowest BCUT2D eigenvalue weighted by Crippen LogP contribution is -2.41. The summed E-state index contributed by atoms with van der Waals surface area (Å²) in [6.45, 7) is 2.64. The summed E-state index contributed by atoms with van der Waals surface area (Å²) in [5, 5.41) is 0. The van der Waals surface area contributed by atoms with Crippen molar-refractivity contribution >= 4 is 24.2 Å². The summed E-state index contributed by atoms with van der Waals surface area (Å²) >= 11 is 0. The number of rotatable bonds is 7. The zero-order valence-corrected chi connectivity index (χ0v) is 13.6. The van der Waals surface area contributed by atoms with E-state index in [2.05, 4.69) is 0 Å². The fraction of sp³-hybridized carbons (Fsp3) is 0.500. The largest absolute Gasteiger partial charge is 0.337 e. The number of nitrogens with two attached hydrogens (primary N) is 1. The monoisotopic (exact) mass is 325 g/mol. The molecule has 0 spiro atoms. The van der Waals surface area contributed by atoms with Gasteiger partial charge in [-0.05, 0) is 24.9 Å². The lowest BCUT2D eigenvalue weighted by molar-refractivity contribution is -0.138. The smallest absolute Gasteiger partial charge is 0.242 e. The first kappa shape index (κ1) is 18.5. The van der Waals surface area contributed by atoms with Crippen LogP contribution in [-0.4, -0.2) is 47.8 Å². The molecule has 6 heteroatoms. The van der Waals surface area contributed by atoms with Crippen molar-refractivity contribution in [2.24, 2.45) is 5.73 Å². The van der Waals surface area contributed by atoms with Gasteiger partial charge in [-0.15, -0.1) is 12.4 Å². The van der Waals surface area contributed by atoms with E-state index in [9.17, 15) is 9.59 Å². The first-order valence-corrected chi connectivity index (χ1v) is 7.50. The Morgan fingerprint density at radius 1 is 1.27 bits per heavy atom.